The molecule has 1 aliphatic heterocycles. The summed E-state index contributed by atoms with van der Waals surface area (Å²) in [7, 11) is -1.90. The minimum absolute atomic E-state index is 0.0459. The van der Waals surface area contributed by atoms with Crippen LogP contribution in [0.1, 0.15) is 29.8 Å². The lowest BCUT2D eigenvalue weighted by atomic mass is 9.97. The summed E-state index contributed by atoms with van der Waals surface area (Å²) < 4.78 is 34.6. The van der Waals surface area contributed by atoms with E-state index in [4.69, 9.17) is 4.74 Å². The van der Waals surface area contributed by atoms with Crippen LogP contribution in [0.3, 0.4) is 0 Å². The zero-order valence-corrected chi connectivity index (χ0v) is 20.6. The van der Waals surface area contributed by atoms with Gasteiger partial charge in [0.25, 0.3) is 10.0 Å². The van der Waals surface area contributed by atoms with Gasteiger partial charge in [-0.25, -0.2) is 18.4 Å². The zero-order chi connectivity index (χ0) is 24.5. The molecule has 4 rings (SSSR count). The fourth-order valence-corrected chi connectivity index (χ4v) is 5.29. The molecule has 2 aromatic heterocycles. The topological polar surface area (TPSA) is 106 Å². The second kappa shape index (κ2) is 9.55. The molecular formula is C24H29N5O4S. The molecule has 1 saturated heterocycles. The number of benzene rings is 1. The molecule has 0 aliphatic carbocycles. The molecule has 0 saturated carbocycles. The van der Waals surface area contributed by atoms with Crippen molar-refractivity contribution in [2.75, 3.05) is 18.4 Å². The minimum Gasteiger partial charge on any atom is -0.439 e. The summed E-state index contributed by atoms with van der Waals surface area (Å²) in [6.07, 6.45) is 3.96. The summed E-state index contributed by atoms with van der Waals surface area (Å²) in [5.41, 5.74) is 2.89. The Kier molecular flexibility index (Phi) is 6.72. The Hall–Kier alpha value is -3.24. The van der Waals surface area contributed by atoms with Crippen molar-refractivity contribution >= 4 is 21.6 Å². The van der Waals surface area contributed by atoms with Gasteiger partial charge in [0.15, 0.2) is 5.03 Å². The molecule has 34 heavy (non-hydrogen) atoms. The number of nitrogens with zero attached hydrogens (tertiary/aromatic N) is 4. The first-order valence-electron chi connectivity index (χ1n) is 11.2. The Bertz CT molecular complexity index is 1270. The molecule has 0 spiro atoms. The highest BCUT2D eigenvalue weighted by Gasteiger charge is 2.33. The van der Waals surface area contributed by atoms with Crippen LogP contribution in [-0.4, -0.2) is 46.3 Å². The summed E-state index contributed by atoms with van der Waals surface area (Å²) in [5, 5.41) is 2.92. The van der Waals surface area contributed by atoms with Gasteiger partial charge in [-0.15, -0.1) is 0 Å². The van der Waals surface area contributed by atoms with Crippen molar-refractivity contribution in [3.8, 4) is 11.6 Å². The number of carbonyl (C=O) groups is 1. The number of carbonyl (C=O) groups excluding carboxylic acids is 1. The third kappa shape index (κ3) is 5.13. The zero-order valence-electron chi connectivity index (χ0n) is 19.8. The molecule has 0 bridgehead atoms. The van der Waals surface area contributed by atoms with Gasteiger partial charge in [0.05, 0.1) is 11.9 Å². The number of pyridine rings is 1. The third-order valence-electron chi connectivity index (χ3n) is 6.22. The van der Waals surface area contributed by atoms with Crippen LogP contribution in [0.2, 0.25) is 0 Å². The number of imidazole rings is 1. The average Bonchev–Trinajstić information content (AvgIpc) is 3.16. The van der Waals surface area contributed by atoms with Crippen LogP contribution in [0.5, 0.6) is 11.6 Å². The summed E-state index contributed by atoms with van der Waals surface area (Å²) in [4.78, 5) is 21.2. The Labute approximate surface area is 199 Å². The van der Waals surface area contributed by atoms with Gasteiger partial charge in [0, 0.05) is 38.3 Å². The summed E-state index contributed by atoms with van der Waals surface area (Å²) in [6.45, 7) is 6.37. The van der Waals surface area contributed by atoms with Crippen molar-refractivity contribution in [2.45, 2.75) is 38.6 Å². The number of anilines is 1. The number of ether oxygens (including phenoxy) is 1. The van der Waals surface area contributed by atoms with Crippen LogP contribution in [0.25, 0.3) is 0 Å². The second-order valence-corrected chi connectivity index (χ2v) is 10.5. The first-order valence-corrected chi connectivity index (χ1v) is 12.6. The molecule has 1 fully saturated rings. The predicted molar refractivity (Wildman–Crippen MR) is 128 cm³/mol. The maximum Gasteiger partial charge on any atom is 0.262 e. The van der Waals surface area contributed by atoms with Crippen LogP contribution in [0.15, 0.2) is 47.8 Å². The lowest BCUT2D eigenvalue weighted by Crippen LogP contribution is -2.41. The van der Waals surface area contributed by atoms with Gasteiger partial charge < -0.3 is 14.6 Å². The average molecular weight is 484 g/mol. The first kappa shape index (κ1) is 23.9. The normalized spacial score (nSPS) is 15.3. The highest BCUT2D eigenvalue weighted by atomic mass is 32.2. The molecule has 1 amide bonds. The molecular weight excluding hydrogens is 454 g/mol. The largest absolute Gasteiger partial charge is 0.439 e. The fraction of sp³-hybridized carbons (Fsp3) is 0.375. The van der Waals surface area contributed by atoms with Gasteiger partial charge in [-0.05, 0) is 62.9 Å². The Morgan fingerprint density at radius 1 is 1.09 bits per heavy atom. The Morgan fingerprint density at radius 2 is 1.82 bits per heavy atom. The van der Waals surface area contributed by atoms with Crippen molar-refractivity contribution in [1.82, 2.24) is 18.8 Å². The van der Waals surface area contributed by atoms with Gasteiger partial charge in [0.1, 0.15) is 11.6 Å². The maximum absolute atomic E-state index is 12.8. The SMILES string of the molecule is Cc1ccc(Oc2ccc(NC(=O)C3CCN(S(=O)(=O)c4cn(C)c(C)n4)CC3)cn2)cc1C. The van der Waals surface area contributed by atoms with E-state index in [0.29, 0.717) is 36.0 Å². The Morgan fingerprint density at radius 3 is 2.41 bits per heavy atom. The number of sulfonamides is 1. The Balaban J connectivity index is 1.32. The molecule has 1 N–H and O–H groups in total. The lowest BCUT2D eigenvalue weighted by Gasteiger charge is -2.29. The van der Waals surface area contributed by atoms with Gasteiger partial charge in [-0.1, -0.05) is 6.07 Å². The van der Waals surface area contributed by atoms with Crippen LogP contribution in [0.4, 0.5) is 5.69 Å². The molecule has 180 valence electrons. The third-order valence-corrected chi connectivity index (χ3v) is 7.99. The molecule has 1 aliphatic rings. The molecule has 10 heteroatoms. The number of aryl methyl sites for hydroxylation is 4. The molecule has 3 heterocycles. The van der Waals surface area contributed by atoms with E-state index >= 15 is 0 Å². The van der Waals surface area contributed by atoms with Crippen LogP contribution >= 0.6 is 0 Å². The highest BCUT2D eigenvalue weighted by molar-refractivity contribution is 7.89. The number of hydrogen-bond acceptors (Lipinski definition) is 6. The van der Waals surface area contributed by atoms with E-state index < -0.39 is 10.0 Å². The maximum atomic E-state index is 12.8. The number of rotatable bonds is 6. The number of piperidine rings is 1. The summed E-state index contributed by atoms with van der Waals surface area (Å²) in [6, 6.07) is 9.28. The van der Waals surface area contributed by atoms with E-state index in [9.17, 15) is 13.2 Å². The van der Waals surface area contributed by atoms with E-state index in [1.54, 1.807) is 36.9 Å². The standard InChI is InChI=1S/C24H29N5O4S/c1-16-5-7-21(13-17(16)2)33-22-8-6-20(14-25-22)27-24(30)19-9-11-29(12-10-19)34(31,32)23-15-28(4)18(3)26-23/h5-8,13-15,19H,9-12H2,1-4H3,(H,27,30). The van der Waals surface area contributed by atoms with Crippen molar-refractivity contribution in [1.29, 1.82) is 0 Å². The highest BCUT2D eigenvalue weighted by Crippen LogP contribution is 2.26. The van der Waals surface area contributed by atoms with E-state index in [1.807, 2.05) is 32.0 Å². The quantitative estimate of drug-likeness (QED) is 0.574. The van der Waals surface area contributed by atoms with Gasteiger partial charge in [-0.2, -0.15) is 4.31 Å². The lowest BCUT2D eigenvalue weighted by molar-refractivity contribution is -0.120. The van der Waals surface area contributed by atoms with Crippen molar-refractivity contribution in [2.24, 2.45) is 13.0 Å². The number of hydrogen-bond donors (Lipinski definition) is 1. The molecule has 1 aromatic carbocycles. The van der Waals surface area contributed by atoms with Gasteiger partial charge in [-0.3, -0.25) is 4.79 Å². The van der Waals surface area contributed by atoms with Gasteiger partial charge in [0.2, 0.25) is 11.8 Å². The van der Waals surface area contributed by atoms with E-state index in [0.717, 1.165) is 5.56 Å². The molecule has 3 aromatic rings. The van der Waals surface area contributed by atoms with E-state index in [2.05, 4.69) is 15.3 Å². The summed E-state index contributed by atoms with van der Waals surface area (Å²) >= 11 is 0. The van der Waals surface area contributed by atoms with Crippen molar-refractivity contribution in [3.05, 3.63) is 59.7 Å². The number of nitrogens with one attached hydrogen (secondary N) is 1. The monoisotopic (exact) mass is 483 g/mol. The smallest absolute Gasteiger partial charge is 0.262 e. The molecule has 0 unspecified atom stereocenters. The van der Waals surface area contributed by atoms with Crippen LogP contribution in [-0.2, 0) is 21.9 Å². The predicted octanol–water partition coefficient (Wildman–Crippen LogP) is 3.57. The molecule has 0 atom stereocenters. The van der Waals surface area contributed by atoms with Gasteiger partial charge >= 0.3 is 0 Å². The molecule has 9 nitrogen and oxygen atoms in total. The number of amides is 1. The summed E-state index contributed by atoms with van der Waals surface area (Å²) in [5.74, 6) is 1.35. The van der Waals surface area contributed by atoms with Crippen LogP contribution in [0, 0.1) is 26.7 Å². The fourth-order valence-electron chi connectivity index (χ4n) is 3.80. The van der Waals surface area contributed by atoms with Crippen molar-refractivity contribution < 1.29 is 17.9 Å². The van der Waals surface area contributed by atoms with Crippen molar-refractivity contribution in [3.63, 3.8) is 0 Å². The van der Waals surface area contributed by atoms with Crippen LogP contribution < -0.4 is 10.1 Å². The minimum atomic E-state index is -3.66. The van der Waals surface area contributed by atoms with E-state index in [-0.39, 0.29) is 29.9 Å². The molecule has 0 radical (unpaired) electrons. The number of aromatic nitrogens is 3. The second-order valence-electron chi connectivity index (χ2n) is 8.64. The first-order chi connectivity index (χ1) is 16.1. The van der Waals surface area contributed by atoms with E-state index in [1.165, 1.54) is 16.1 Å².